The minimum atomic E-state index is 0.346. The zero-order chi connectivity index (χ0) is 17.4. The molecule has 2 aromatic rings. The highest BCUT2D eigenvalue weighted by molar-refractivity contribution is 5.75. The van der Waals surface area contributed by atoms with Crippen LogP contribution in [0.15, 0.2) is 46.4 Å². The van der Waals surface area contributed by atoms with E-state index in [1.807, 2.05) is 12.1 Å². The molecule has 0 saturated carbocycles. The molecule has 24 heavy (non-hydrogen) atoms. The summed E-state index contributed by atoms with van der Waals surface area (Å²) in [5, 5.41) is 0. The van der Waals surface area contributed by atoms with Gasteiger partial charge in [0.25, 0.3) is 0 Å². The van der Waals surface area contributed by atoms with Gasteiger partial charge in [-0.25, -0.2) is 9.84 Å². The molecule has 0 atom stereocenters. The molecule has 0 heterocycles. The second-order valence-corrected chi connectivity index (χ2v) is 4.65. The summed E-state index contributed by atoms with van der Waals surface area (Å²) in [6, 6.07) is 13.3. The van der Waals surface area contributed by atoms with Crippen LogP contribution in [0.2, 0.25) is 0 Å². The number of para-hydroxylation sites is 1. The summed E-state index contributed by atoms with van der Waals surface area (Å²) in [5.74, 6) is 1.90. The lowest BCUT2D eigenvalue weighted by molar-refractivity contribution is 0.391. The van der Waals surface area contributed by atoms with E-state index in [0.29, 0.717) is 35.2 Å². The Bertz CT molecular complexity index is 819. The summed E-state index contributed by atoms with van der Waals surface area (Å²) in [6.07, 6.45) is 0. The van der Waals surface area contributed by atoms with E-state index < -0.39 is 0 Å². The normalized spacial score (nSPS) is 9.42. The third-order valence-corrected chi connectivity index (χ3v) is 3.29. The lowest BCUT2D eigenvalue weighted by atomic mass is 10.2. The molecule has 2 rings (SSSR count). The van der Waals surface area contributed by atoms with Gasteiger partial charge < -0.3 is 14.2 Å². The zero-order valence-corrected chi connectivity index (χ0v) is 13.7. The molecule has 0 amide bonds. The van der Waals surface area contributed by atoms with Crippen molar-refractivity contribution in [2.75, 3.05) is 21.3 Å². The standard InChI is InChI=1S/C18H17N3O3/c1-19-15-6-5-7-16(23-3)18(15)21-12-20-11-13-8-9-14(22-2)10-17(13)24-4/h5-10H,11H2,2-4H3. The van der Waals surface area contributed by atoms with Gasteiger partial charge in [-0.2, -0.15) is 4.99 Å². The van der Waals surface area contributed by atoms with Gasteiger partial charge in [-0.1, -0.05) is 12.1 Å². The predicted octanol–water partition coefficient (Wildman–Crippen LogP) is 4.27. The minimum Gasteiger partial charge on any atom is -0.497 e. The van der Waals surface area contributed by atoms with Gasteiger partial charge in [0.15, 0.2) is 0 Å². The largest absolute Gasteiger partial charge is 0.497 e. The molecule has 6 nitrogen and oxygen atoms in total. The van der Waals surface area contributed by atoms with Crippen LogP contribution in [-0.4, -0.2) is 27.3 Å². The van der Waals surface area contributed by atoms with E-state index in [-0.39, 0.29) is 0 Å². The predicted molar refractivity (Wildman–Crippen MR) is 92.0 cm³/mol. The first-order valence-corrected chi connectivity index (χ1v) is 7.11. The Labute approximate surface area is 140 Å². The third kappa shape index (κ3) is 3.92. The number of rotatable bonds is 6. The molecule has 0 spiro atoms. The van der Waals surface area contributed by atoms with Crippen molar-refractivity contribution >= 4 is 17.4 Å². The first-order valence-electron chi connectivity index (χ1n) is 7.11. The Kier molecular flexibility index (Phi) is 5.95. The monoisotopic (exact) mass is 323 g/mol. The van der Waals surface area contributed by atoms with Crippen molar-refractivity contribution in [1.82, 2.24) is 0 Å². The highest BCUT2D eigenvalue weighted by Gasteiger charge is 2.07. The van der Waals surface area contributed by atoms with E-state index in [1.54, 1.807) is 38.5 Å². The lowest BCUT2D eigenvalue weighted by Gasteiger charge is -2.07. The van der Waals surface area contributed by atoms with Crippen LogP contribution in [0, 0.1) is 6.57 Å². The average Bonchev–Trinajstić information content (AvgIpc) is 2.64. The van der Waals surface area contributed by atoms with Crippen LogP contribution in [0.25, 0.3) is 4.85 Å². The van der Waals surface area contributed by atoms with E-state index in [9.17, 15) is 0 Å². The van der Waals surface area contributed by atoms with Crippen molar-refractivity contribution in [2.24, 2.45) is 9.98 Å². The number of benzene rings is 2. The molecular formula is C18H17N3O3. The molecule has 0 radical (unpaired) electrons. The van der Waals surface area contributed by atoms with Gasteiger partial charge in [-0.15, -0.1) is 0 Å². The zero-order valence-electron chi connectivity index (χ0n) is 13.7. The Morgan fingerprint density at radius 3 is 2.50 bits per heavy atom. The molecule has 0 aliphatic rings. The fourth-order valence-electron chi connectivity index (χ4n) is 2.07. The summed E-state index contributed by atoms with van der Waals surface area (Å²) >= 11 is 0. The van der Waals surface area contributed by atoms with Gasteiger partial charge in [0.2, 0.25) is 5.69 Å². The minimum absolute atomic E-state index is 0.346. The van der Waals surface area contributed by atoms with Crippen LogP contribution in [-0.2, 0) is 6.54 Å². The van der Waals surface area contributed by atoms with Crippen LogP contribution in [0.4, 0.5) is 11.4 Å². The number of hydrogen-bond donors (Lipinski definition) is 0. The fourth-order valence-corrected chi connectivity index (χ4v) is 2.07. The Hall–Kier alpha value is -3.29. The number of aliphatic imine (C=N–C) groups is 2. The maximum atomic E-state index is 7.19. The van der Waals surface area contributed by atoms with Crippen LogP contribution in [0.1, 0.15) is 5.56 Å². The molecular weight excluding hydrogens is 306 g/mol. The molecule has 6 heteroatoms. The number of methoxy groups -OCH3 is 3. The first-order chi connectivity index (χ1) is 11.7. The van der Waals surface area contributed by atoms with Gasteiger partial charge in [0.05, 0.1) is 40.5 Å². The van der Waals surface area contributed by atoms with Gasteiger partial charge in [-0.3, -0.25) is 0 Å². The molecule has 0 aliphatic heterocycles. The summed E-state index contributed by atoms with van der Waals surface area (Å²) in [5.41, 5.74) is 1.69. The second-order valence-electron chi connectivity index (χ2n) is 4.65. The van der Waals surface area contributed by atoms with Crippen molar-refractivity contribution in [3.8, 4) is 17.2 Å². The summed E-state index contributed by atoms with van der Waals surface area (Å²) in [4.78, 5) is 11.7. The van der Waals surface area contributed by atoms with Crippen molar-refractivity contribution < 1.29 is 14.2 Å². The average molecular weight is 323 g/mol. The van der Waals surface area contributed by atoms with E-state index in [4.69, 9.17) is 20.8 Å². The summed E-state index contributed by atoms with van der Waals surface area (Å²) in [6.45, 7) is 7.53. The van der Waals surface area contributed by atoms with Crippen LogP contribution >= 0.6 is 0 Å². The van der Waals surface area contributed by atoms with Crippen LogP contribution in [0.3, 0.4) is 0 Å². The van der Waals surface area contributed by atoms with Crippen molar-refractivity contribution in [2.45, 2.75) is 6.54 Å². The van der Waals surface area contributed by atoms with Crippen LogP contribution in [0.5, 0.6) is 17.2 Å². The molecule has 0 aromatic heterocycles. The van der Waals surface area contributed by atoms with Crippen molar-refractivity contribution in [3.05, 3.63) is 53.4 Å². The Balaban J connectivity index is 2.24. The topological polar surface area (TPSA) is 56.8 Å². The van der Waals surface area contributed by atoms with Crippen LogP contribution < -0.4 is 14.2 Å². The van der Waals surface area contributed by atoms with Gasteiger partial charge >= 0.3 is 0 Å². The highest BCUT2D eigenvalue weighted by atomic mass is 16.5. The molecule has 0 fully saturated rings. The van der Waals surface area contributed by atoms with E-state index in [0.717, 1.165) is 5.56 Å². The molecule has 0 unspecified atom stereocenters. The smallest absolute Gasteiger partial charge is 0.216 e. The van der Waals surface area contributed by atoms with Gasteiger partial charge in [-0.05, 0) is 18.2 Å². The van der Waals surface area contributed by atoms with Gasteiger partial charge in [0, 0.05) is 11.6 Å². The lowest BCUT2D eigenvalue weighted by Crippen LogP contribution is -1.92. The quantitative estimate of drug-likeness (QED) is 0.589. The van der Waals surface area contributed by atoms with E-state index >= 15 is 0 Å². The Morgan fingerprint density at radius 1 is 1.04 bits per heavy atom. The van der Waals surface area contributed by atoms with E-state index in [1.165, 1.54) is 7.11 Å². The SMILES string of the molecule is [C-]#[N+]c1cccc(OC)c1N=C=NCc1ccc(OC)cc1OC. The van der Waals surface area contributed by atoms with Gasteiger partial charge in [0.1, 0.15) is 22.9 Å². The first kappa shape index (κ1) is 17.1. The fraction of sp³-hybridized carbons (Fsp3) is 0.222. The number of hydrogen-bond acceptors (Lipinski definition) is 5. The molecule has 122 valence electrons. The molecule has 0 N–H and O–H groups in total. The van der Waals surface area contributed by atoms with Crippen molar-refractivity contribution in [3.63, 3.8) is 0 Å². The molecule has 2 aromatic carbocycles. The third-order valence-electron chi connectivity index (χ3n) is 3.29. The maximum absolute atomic E-state index is 7.19. The highest BCUT2D eigenvalue weighted by Crippen LogP contribution is 2.36. The maximum Gasteiger partial charge on any atom is 0.216 e. The number of ether oxygens (including phenoxy) is 3. The molecule has 0 aliphatic carbocycles. The summed E-state index contributed by atoms with van der Waals surface area (Å²) < 4.78 is 15.7. The Morgan fingerprint density at radius 2 is 1.83 bits per heavy atom. The second kappa shape index (κ2) is 8.37. The van der Waals surface area contributed by atoms with E-state index in [2.05, 4.69) is 20.8 Å². The summed E-state index contributed by atoms with van der Waals surface area (Å²) in [7, 11) is 4.72. The molecule has 0 bridgehead atoms. The van der Waals surface area contributed by atoms with Crippen molar-refractivity contribution in [1.29, 1.82) is 0 Å². The number of nitrogens with zero attached hydrogens (tertiary/aromatic N) is 3. The molecule has 0 saturated heterocycles.